The molecule has 2 aromatic heterocycles. The number of nitrogens with two attached hydrogens (primary N) is 2. The zero-order valence-electron chi connectivity index (χ0n) is 37.4. The van der Waals surface area contributed by atoms with Crippen LogP contribution in [0.1, 0.15) is 60.5 Å². The third-order valence-electron chi connectivity index (χ3n) is 12.0. The predicted molar refractivity (Wildman–Crippen MR) is 257 cm³/mol. The number of primary amides is 2. The maximum absolute atomic E-state index is 12.0. The highest BCUT2D eigenvalue weighted by atomic mass is 79.9. The number of cyclic esters (lactones) is 2. The van der Waals surface area contributed by atoms with E-state index >= 15 is 0 Å². The smallest absolute Gasteiger partial charge is 0.414 e. The Hall–Kier alpha value is -7.28. The SMILES string of the molecule is COc1ccc(Br)cc1-c1ccc2c(N[C@H](C)C3CC3)c(C(N)=O)nnc2c1.COc1ccc(N2CCOC2=O)cc1-c1ccc2c(N[C@H](C)C3CC3)c(C(N)=O)nnc2c1.O=C1NCCO1. The van der Waals surface area contributed by atoms with Gasteiger partial charge in [0.25, 0.3) is 11.8 Å². The highest BCUT2D eigenvalue weighted by molar-refractivity contribution is 9.10. The van der Waals surface area contributed by atoms with E-state index in [0.717, 1.165) is 48.9 Å². The highest BCUT2D eigenvalue weighted by Crippen LogP contribution is 2.40. The van der Waals surface area contributed by atoms with Crippen LogP contribution in [0.15, 0.2) is 77.3 Å². The number of amides is 4. The van der Waals surface area contributed by atoms with Gasteiger partial charge < -0.3 is 46.4 Å². The number of nitrogens with zero attached hydrogens (tertiary/aromatic N) is 5. The van der Waals surface area contributed by atoms with E-state index in [4.69, 9.17) is 25.7 Å². The lowest BCUT2D eigenvalue weighted by Gasteiger charge is -2.19. The Morgan fingerprint density at radius 3 is 1.66 bits per heavy atom. The summed E-state index contributed by atoms with van der Waals surface area (Å²) in [4.78, 5) is 47.4. The van der Waals surface area contributed by atoms with Crippen molar-refractivity contribution in [3.63, 3.8) is 0 Å². The van der Waals surface area contributed by atoms with Crippen LogP contribution >= 0.6 is 15.9 Å². The highest BCUT2D eigenvalue weighted by Gasteiger charge is 2.31. The zero-order chi connectivity index (χ0) is 47.4. The van der Waals surface area contributed by atoms with Crippen LogP contribution in [0.25, 0.3) is 44.1 Å². The van der Waals surface area contributed by atoms with E-state index in [2.05, 4.69) is 70.9 Å². The molecule has 348 valence electrons. The fourth-order valence-electron chi connectivity index (χ4n) is 8.04. The molecule has 67 heavy (non-hydrogen) atoms. The lowest BCUT2D eigenvalue weighted by atomic mass is 10.0. The summed E-state index contributed by atoms with van der Waals surface area (Å²) >= 11 is 3.51. The number of alkyl carbamates (subject to hydrolysis) is 1. The van der Waals surface area contributed by atoms with E-state index in [9.17, 15) is 19.2 Å². The van der Waals surface area contributed by atoms with Crippen molar-refractivity contribution in [3.05, 3.63) is 88.7 Å². The number of anilines is 3. The molecule has 4 aliphatic rings. The summed E-state index contributed by atoms with van der Waals surface area (Å²) in [7, 11) is 3.25. The lowest BCUT2D eigenvalue weighted by molar-refractivity contribution is 0.0987. The Balaban J connectivity index is 0.000000163. The number of rotatable bonds is 13. The quantitative estimate of drug-likeness (QED) is 0.0745. The van der Waals surface area contributed by atoms with Crippen LogP contribution in [-0.4, -0.2) is 97.0 Å². The first-order chi connectivity index (χ1) is 32.3. The van der Waals surface area contributed by atoms with Gasteiger partial charge in [0.2, 0.25) is 0 Å². The minimum Gasteiger partial charge on any atom is -0.496 e. The Morgan fingerprint density at radius 2 is 1.24 bits per heavy atom. The third kappa shape index (κ3) is 10.6. The van der Waals surface area contributed by atoms with Crippen molar-refractivity contribution in [1.29, 1.82) is 0 Å². The first-order valence-electron chi connectivity index (χ1n) is 21.9. The summed E-state index contributed by atoms with van der Waals surface area (Å²) in [6.45, 7) is 6.27. The molecule has 4 aromatic carbocycles. The molecular weight excluding hydrogens is 924 g/mol. The van der Waals surface area contributed by atoms with Crippen LogP contribution in [0.4, 0.5) is 26.7 Å². The summed E-state index contributed by atoms with van der Waals surface area (Å²) in [5.74, 6) is 1.42. The molecule has 4 amide bonds. The number of hydrogen-bond acceptors (Lipinski definition) is 14. The second-order valence-electron chi connectivity index (χ2n) is 16.6. The topological polar surface area (TPSA) is 248 Å². The molecule has 7 N–H and O–H groups in total. The van der Waals surface area contributed by atoms with Crippen molar-refractivity contribution in [2.45, 2.75) is 51.6 Å². The molecule has 2 saturated heterocycles. The average Bonchev–Trinajstić information content (AvgIpc) is 4.27. The molecule has 10 rings (SSSR count). The summed E-state index contributed by atoms with van der Waals surface area (Å²) in [5, 5.41) is 27.7. The molecule has 2 aliphatic heterocycles. The van der Waals surface area contributed by atoms with E-state index in [1.807, 2.05) is 72.8 Å². The molecule has 4 heterocycles. The molecule has 0 radical (unpaired) electrons. The average molecular weight is 976 g/mol. The number of hydrogen-bond donors (Lipinski definition) is 5. The molecular formula is C48H51BrN10O8. The van der Waals surface area contributed by atoms with E-state index in [1.165, 1.54) is 25.7 Å². The predicted octanol–water partition coefficient (Wildman–Crippen LogP) is 7.67. The van der Waals surface area contributed by atoms with Gasteiger partial charge in [-0.3, -0.25) is 14.5 Å². The van der Waals surface area contributed by atoms with Crippen molar-refractivity contribution in [3.8, 4) is 33.8 Å². The van der Waals surface area contributed by atoms with E-state index in [0.29, 0.717) is 66.3 Å². The van der Waals surface area contributed by atoms with Gasteiger partial charge in [0, 0.05) is 44.1 Å². The largest absolute Gasteiger partial charge is 0.496 e. The summed E-state index contributed by atoms with van der Waals surface area (Å²) in [5.41, 5.74) is 18.3. The number of ether oxygens (including phenoxy) is 4. The molecule has 2 atom stereocenters. The molecule has 2 aliphatic carbocycles. The molecule has 6 aromatic rings. The molecule has 2 saturated carbocycles. The number of carbonyl (C=O) groups is 4. The number of benzene rings is 4. The monoisotopic (exact) mass is 974 g/mol. The number of nitrogens with one attached hydrogen (secondary N) is 3. The van der Waals surface area contributed by atoms with Crippen LogP contribution < -0.4 is 41.8 Å². The van der Waals surface area contributed by atoms with Gasteiger partial charge >= 0.3 is 12.2 Å². The van der Waals surface area contributed by atoms with Gasteiger partial charge in [0.05, 0.1) is 49.7 Å². The minimum atomic E-state index is -0.620. The molecule has 19 heteroatoms. The van der Waals surface area contributed by atoms with Crippen LogP contribution in [0.3, 0.4) is 0 Å². The van der Waals surface area contributed by atoms with Crippen molar-refractivity contribution in [2.24, 2.45) is 23.3 Å². The van der Waals surface area contributed by atoms with Crippen LogP contribution in [0, 0.1) is 11.8 Å². The molecule has 0 bridgehead atoms. The second-order valence-corrected chi connectivity index (χ2v) is 17.6. The van der Waals surface area contributed by atoms with Crippen molar-refractivity contribution in [2.75, 3.05) is 56.1 Å². The molecule has 4 fully saturated rings. The van der Waals surface area contributed by atoms with E-state index in [-0.39, 0.29) is 35.7 Å². The lowest BCUT2D eigenvalue weighted by Crippen LogP contribution is -2.23. The van der Waals surface area contributed by atoms with Crippen molar-refractivity contribution in [1.82, 2.24) is 25.7 Å². The molecule has 0 spiro atoms. The molecule has 18 nitrogen and oxygen atoms in total. The van der Waals surface area contributed by atoms with Crippen molar-refractivity contribution < 1.29 is 38.1 Å². The van der Waals surface area contributed by atoms with Gasteiger partial charge in [-0.15, -0.1) is 20.4 Å². The summed E-state index contributed by atoms with van der Waals surface area (Å²) in [6.07, 6.45) is 4.07. The normalized spacial score (nSPS) is 16.0. The molecule has 0 unspecified atom stereocenters. The fourth-order valence-corrected chi connectivity index (χ4v) is 8.40. The maximum Gasteiger partial charge on any atom is 0.414 e. The summed E-state index contributed by atoms with van der Waals surface area (Å²) in [6, 6.07) is 23.5. The number of fused-ring (bicyclic) bond motifs is 2. The van der Waals surface area contributed by atoms with Crippen LogP contribution in [0.5, 0.6) is 11.5 Å². The Morgan fingerprint density at radius 1 is 0.716 bits per heavy atom. The van der Waals surface area contributed by atoms with Gasteiger partial charge in [-0.2, -0.15) is 0 Å². The van der Waals surface area contributed by atoms with E-state index in [1.54, 1.807) is 19.1 Å². The van der Waals surface area contributed by atoms with Gasteiger partial charge in [-0.05, 0) is 123 Å². The maximum atomic E-state index is 12.0. The first-order valence-corrected chi connectivity index (χ1v) is 22.7. The minimum absolute atomic E-state index is 0.134. The van der Waals surface area contributed by atoms with Crippen LogP contribution in [0.2, 0.25) is 0 Å². The van der Waals surface area contributed by atoms with Crippen LogP contribution in [-0.2, 0) is 9.47 Å². The first kappa shape index (κ1) is 46.3. The van der Waals surface area contributed by atoms with Gasteiger partial charge in [-0.25, -0.2) is 9.59 Å². The fraction of sp³-hybridized carbons (Fsp3) is 0.333. The van der Waals surface area contributed by atoms with Gasteiger partial charge in [-0.1, -0.05) is 28.1 Å². The standard InChI is InChI=1S/C24H25N5O4.C21H21BrN4O2.C3H5NO2/c1-13(14-3-4-14)26-21-17-7-5-15(11-19(17)27-28-22(21)23(25)30)18-12-16(6-8-20(18)32-2)29-9-10-33-24(29)31;1-11(12-3-4-12)24-19-15-7-5-13(9-17(15)25-26-20(19)21(23)27)16-10-14(22)6-8-18(16)28-2;5-3-4-1-2-6-3/h5-8,11-14H,3-4,9-10H2,1-2H3,(H2,25,30)(H,26,27);5-12H,3-4H2,1-2H3,(H2,23,27)(H,24,25);1-2H2,(H,4,5)/t13-;11-;/m11./s1. The Kier molecular flexibility index (Phi) is 13.9. The second kappa shape index (κ2) is 20.1. The number of aromatic nitrogens is 4. The van der Waals surface area contributed by atoms with Gasteiger partial charge in [0.15, 0.2) is 11.4 Å². The van der Waals surface area contributed by atoms with Crippen molar-refractivity contribution >= 4 is 78.8 Å². The Bertz CT molecular complexity index is 2870. The number of halogens is 1. The third-order valence-corrected chi connectivity index (χ3v) is 12.5. The summed E-state index contributed by atoms with van der Waals surface area (Å²) < 4.78 is 21.5. The zero-order valence-corrected chi connectivity index (χ0v) is 39.0. The number of methoxy groups -OCH3 is 2. The van der Waals surface area contributed by atoms with E-state index < -0.39 is 11.8 Å². The van der Waals surface area contributed by atoms with Gasteiger partial charge in [0.1, 0.15) is 24.7 Å². The number of carbonyl (C=O) groups excluding carboxylic acids is 4. The Labute approximate surface area is 394 Å².